The first-order valence-corrected chi connectivity index (χ1v) is 7.44. The van der Waals surface area contributed by atoms with Crippen molar-refractivity contribution in [3.8, 4) is 5.75 Å². The molecule has 3 N–H and O–H groups in total. The van der Waals surface area contributed by atoms with Gasteiger partial charge in [-0.3, -0.25) is 4.79 Å². The summed E-state index contributed by atoms with van der Waals surface area (Å²) in [5, 5.41) is 9.24. The van der Waals surface area contributed by atoms with Gasteiger partial charge < -0.3 is 20.5 Å². The van der Waals surface area contributed by atoms with Gasteiger partial charge in [0.2, 0.25) is 5.91 Å². The molecule has 0 heterocycles. The highest BCUT2D eigenvalue weighted by Gasteiger charge is 2.33. The van der Waals surface area contributed by atoms with Crippen molar-refractivity contribution in [1.82, 2.24) is 4.90 Å². The number of nitrogens with zero attached hydrogens (tertiary/aromatic N) is 1. The number of ether oxygens (including phenoxy) is 1. The number of carbonyl (C=O) groups excluding carboxylic acids is 1. The second kappa shape index (κ2) is 7.43. The van der Waals surface area contributed by atoms with Crippen molar-refractivity contribution in [1.29, 1.82) is 0 Å². The quantitative estimate of drug-likeness (QED) is 0.824. The number of methoxy groups -OCH3 is 1. The van der Waals surface area contributed by atoms with Crippen LogP contribution in [0, 0.1) is 5.92 Å². The summed E-state index contributed by atoms with van der Waals surface area (Å²) in [6, 6.07) is 7.56. The van der Waals surface area contributed by atoms with E-state index in [2.05, 4.69) is 0 Å². The molecule has 116 valence electrons. The first-order valence-electron chi connectivity index (χ1n) is 7.44. The maximum Gasteiger partial charge on any atom is 0.227 e. The van der Waals surface area contributed by atoms with Crippen LogP contribution in [0.1, 0.15) is 24.8 Å². The maximum absolute atomic E-state index is 12.6. The van der Waals surface area contributed by atoms with Gasteiger partial charge in [0, 0.05) is 24.7 Å². The van der Waals surface area contributed by atoms with Gasteiger partial charge in [0.1, 0.15) is 5.75 Å². The third kappa shape index (κ3) is 3.74. The lowest BCUT2D eigenvalue weighted by Gasteiger charge is -2.27. The number of para-hydroxylation sites is 1. The van der Waals surface area contributed by atoms with Gasteiger partial charge in [0.25, 0.3) is 0 Å². The topological polar surface area (TPSA) is 75.8 Å². The standard InChI is InChI=1S/C16H24N2O3/c1-21-15-8-3-2-5-12(15)11-18(9-10-19)16(20)13-6-4-7-14(13)17/h2-3,5,8,13-14,19H,4,6-7,9-11,17H2,1H3. The van der Waals surface area contributed by atoms with Gasteiger partial charge in [-0.1, -0.05) is 24.6 Å². The number of amides is 1. The Morgan fingerprint density at radius 2 is 2.19 bits per heavy atom. The van der Waals surface area contributed by atoms with E-state index in [0.717, 1.165) is 30.6 Å². The molecule has 1 aliphatic carbocycles. The molecule has 2 unspecified atom stereocenters. The fourth-order valence-corrected chi connectivity index (χ4v) is 2.96. The van der Waals surface area contributed by atoms with Gasteiger partial charge in [-0.2, -0.15) is 0 Å². The largest absolute Gasteiger partial charge is 0.496 e. The number of rotatable bonds is 6. The van der Waals surface area contributed by atoms with E-state index in [0.29, 0.717) is 13.1 Å². The van der Waals surface area contributed by atoms with Crippen LogP contribution >= 0.6 is 0 Å². The lowest BCUT2D eigenvalue weighted by Crippen LogP contribution is -2.42. The van der Waals surface area contributed by atoms with Crippen molar-refractivity contribution >= 4 is 5.91 Å². The number of hydrogen-bond donors (Lipinski definition) is 2. The highest BCUT2D eigenvalue weighted by molar-refractivity contribution is 5.80. The van der Waals surface area contributed by atoms with E-state index in [1.165, 1.54) is 0 Å². The van der Waals surface area contributed by atoms with Crippen LogP contribution in [-0.2, 0) is 11.3 Å². The fourth-order valence-electron chi connectivity index (χ4n) is 2.96. The molecule has 2 rings (SSSR count). The third-order valence-electron chi connectivity index (χ3n) is 4.12. The maximum atomic E-state index is 12.6. The summed E-state index contributed by atoms with van der Waals surface area (Å²) in [5.41, 5.74) is 6.97. The normalized spacial score (nSPS) is 21.3. The summed E-state index contributed by atoms with van der Waals surface area (Å²) in [7, 11) is 1.62. The monoisotopic (exact) mass is 292 g/mol. The lowest BCUT2D eigenvalue weighted by molar-refractivity contribution is -0.136. The SMILES string of the molecule is COc1ccccc1CN(CCO)C(=O)C1CCCC1N. The van der Waals surface area contributed by atoms with Crippen molar-refractivity contribution in [2.75, 3.05) is 20.3 Å². The molecule has 5 heteroatoms. The van der Waals surface area contributed by atoms with Crippen LogP contribution in [0.3, 0.4) is 0 Å². The Balaban J connectivity index is 2.13. The average Bonchev–Trinajstić information content (AvgIpc) is 2.92. The number of nitrogens with two attached hydrogens (primary N) is 1. The Hall–Kier alpha value is -1.59. The van der Waals surface area contributed by atoms with E-state index >= 15 is 0 Å². The van der Waals surface area contributed by atoms with E-state index in [1.54, 1.807) is 12.0 Å². The average molecular weight is 292 g/mol. The molecule has 21 heavy (non-hydrogen) atoms. The number of carbonyl (C=O) groups is 1. The molecule has 0 spiro atoms. The zero-order chi connectivity index (χ0) is 15.2. The van der Waals surface area contributed by atoms with Crippen LogP contribution in [0.5, 0.6) is 5.75 Å². The fraction of sp³-hybridized carbons (Fsp3) is 0.562. The third-order valence-corrected chi connectivity index (χ3v) is 4.12. The van der Waals surface area contributed by atoms with Crippen molar-refractivity contribution in [3.05, 3.63) is 29.8 Å². The highest BCUT2D eigenvalue weighted by atomic mass is 16.5. The molecule has 0 radical (unpaired) electrons. The first kappa shape index (κ1) is 15.8. The van der Waals surface area contributed by atoms with Gasteiger partial charge in [-0.25, -0.2) is 0 Å². The van der Waals surface area contributed by atoms with Crippen molar-refractivity contribution in [2.45, 2.75) is 31.8 Å². The van der Waals surface area contributed by atoms with Crippen LogP contribution in [0.15, 0.2) is 24.3 Å². The molecular weight excluding hydrogens is 268 g/mol. The predicted octanol–water partition coefficient (Wildman–Crippen LogP) is 1.14. The Morgan fingerprint density at radius 1 is 1.43 bits per heavy atom. The van der Waals surface area contributed by atoms with E-state index in [4.69, 9.17) is 10.5 Å². The second-order valence-corrected chi connectivity index (χ2v) is 5.50. The number of benzene rings is 1. The smallest absolute Gasteiger partial charge is 0.227 e. The summed E-state index contributed by atoms with van der Waals surface area (Å²) >= 11 is 0. The minimum atomic E-state index is -0.119. The molecule has 0 bridgehead atoms. The first-order chi connectivity index (χ1) is 10.2. The predicted molar refractivity (Wildman–Crippen MR) is 80.8 cm³/mol. The van der Waals surface area contributed by atoms with E-state index in [9.17, 15) is 9.90 Å². The zero-order valence-electron chi connectivity index (χ0n) is 12.5. The Morgan fingerprint density at radius 3 is 2.81 bits per heavy atom. The summed E-state index contributed by atoms with van der Waals surface area (Å²) < 4.78 is 5.33. The molecule has 0 aromatic heterocycles. The molecule has 0 saturated heterocycles. The second-order valence-electron chi connectivity index (χ2n) is 5.50. The van der Waals surface area contributed by atoms with Crippen LogP contribution < -0.4 is 10.5 Å². The summed E-state index contributed by atoms with van der Waals surface area (Å²) in [6.07, 6.45) is 2.74. The molecule has 1 aromatic carbocycles. The van der Waals surface area contributed by atoms with E-state index in [1.807, 2.05) is 24.3 Å². The number of hydrogen-bond acceptors (Lipinski definition) is 4. The molecule has 1 fully saturated rings. The number of aliphatic hydroxyl groups excluding tert-OH is 1. The lowest BCUT2D eigenvalue weighted by atomic mass is 10.0. The Bertz CT molecular complexity index is 478. The molecule has 1 amide bonds. The van der Waals surface area contributed by atoms with Gasteiger partial charge in [0.15, 0.2) is 0 Å². The van der Waals surface area contributed by atoms with Crippen LogP contribution in [0.25, 0.3) is 0 Å². The van der Waals surface area contributed by atoms with E-state index in [-0.39, 0.29) is 24.5 Å². The molecule has 1 aliphatic rings. The van der Waals surface area contributed by atoms with Gasteiger partial charge in [-0.15, -0.1) is 0 Å². The Kier molecular flexibility index (Phi) is 5.59. The molecular formula is C16H24N2O3. The van der Waals surface area contributed by atoms with Crippen LogP contribution in [0.2, 0.25) is 0 Å². The Labute approximate surface area is 125 Å². The van der Waals surface area contributed by atoms with Crippen LogP contribution in [-0.4, -0.2) is 42.2 Å². The van der Waals surface area contributed by atoms with Gasteiger partial charge in [0.05, 0.1) is 19.6 Å². The van der Waals surface area contributed by atoms with Gasteiger partial charge in [-0.05, 0) is 18.9 Å². The minimum Gasteiger partial charge on any atom is -0.496 e. The van der Waals surface area contributed by atoms with Crippen LogP contribution in [0.4, 0.5) is 0 Å². The highest BCUT2D eigenvalue weighted by Crippen LogP contribution is 2.27. The number of aliphatic hydroxyl groups is 1. The molecule has 1 aromatic rings. The summed E-state index contributed by atoms with van der Waals surface area (Å²) in [4.78, 5) is 14.3. The zero-order valence-corrected chi connectivity index (χ0v) is 12.5. The minimum absolute atomic E-state index is 0.0416. The summed E-state index contributed by atoms with van der Waals surface area (Å²) in [5.74, 6) is 0.676. The molecule has 5 nitrogen and oxygen atoms in total. The molecule has 2 atom stereocenters. The van der Waals surface area contributed by atoms with Crippen molar-refractivity contribution in [3.63, 3.8) is 0 Å². The van der Waals surface area contributed by atoms with Crippen molar-refractivity contribution in [2.24, 2.45) is 11.7 Å². The molecule has 0 aliphatic heterocycles. The molecule has 1 saturated carbocycles. The van der Waals surface area contributed by atoms with Gasteiger partial charge >= 0.3 is 0 Å². The van der Waals surface area contributed by atoms with E-state index < -0.39 is 0 Å². The summed E-state index contributed by atoms with van der Waals surface area (Å²) in [6.45, 7) is 0.704. The van der Waals surface area contributed by atoms with Crippen molar-refractivity contribution < 1.29 is 14.6 Å².